The van der Waals surface area contributed by atoms with Crippen LogP contribution in [-0.2, 0) is 9.59 Å². The Morgan fingerprint density at radius 3 is 2.53 bits per heavy atom. The predicted octanol–water partition coefficient (Wildman–Crippen LogP) is 0.916. The molecule has 1 fully saturated rings. The quantitative estimate of drug-likeness (QED) is 0.812. The predicted molar refractivity (Wildman–Crippen MR) is 59.1 cm³/mol. The van der Waals surface area contributed by atoms with Crippen molar-refractivity contribution in [1.29, 1.82) is 0 Å². The third kappa shape index (κ3) is 2.58. The summed E-state index contributed by atoms with van der Waals surface area (Å²) in [7, 11) is 0. The van der Waals surface area contributed by atoms with Crippen molar-refractivity contribution < 1.29 is 14.7 Å². The number of aromatic nitrogens is 2. The van der Waals surface area contributed by atoms with E-state index in [1.807, 2.05) is 0 Å². The molecule has 0 aliphatic heterocycles. The van der Waals surface area contributed by atoms with Gasteiger partial charge < -0.3 is 5.11 Å². The number of hydrogen-bond donors (Lipinski definition) is 2. The summed E-state index contributed by atoms with van der Waals surface area (Å²) in [5.74, 6) is -2.05. The van der Waals surface area contributed by atoms with Gasteiger partial charge in [-0.2, -0.15) is 0 Å². The van der Waals surface area contributed by atoms with Crippen molar-refractivity contribution >= 4 is 17.8 Å². The van der Waals surface area contributed by atoms with Crippen molar-refractivity contribution in [2.75, 3.05) is 5.32 Å². The van der Waals surface area contributed by atoms with Gasteiger partial charge in [-0.1, -0.05) is 6.42 Å². The molecule has 1 aliphatic rings. The first-order valence-electron chi connectivity index (χ1n) is 5.49. The van der Waals surface area contributed by atoms with Gasteiger partial charge in [0.25, 0.3) is 0 Å². The third-order valence-corrected chi connectivity index (χ3v) is 2.97. The standard InChI is InChI=1S/C11H13N3O3/c15-9(14-11-12-5-2-6-13-11)7-3-1-4-8(7)10(16)17/h2,5-8H,1,3-4H2,(H,16,17)(H,12,13,14,15). The van der Waals surface area contributed by atoms with Gasteiger partial charge in [0.15, 0.2) is 0 Å². The first kappa shape index (κ1) is 11.5. The van der Waals surface area contributed by atoms with Gasteiger partial charge in [-0.05, 0) is 18.9 Å². The van der Waals surface area contributed by atoms with Crippen LogP contribution < -0.4 is 5.32 Å². The fourth-order valence-electron chi connectivity index (χ4n) is 2.14. The Bertz CT molecular complexity index is 421. The normalized spacial score (nSPS) is 23.3. The molecule has 6 heteroatoms. The largest absolute Gasteiger partial charge is 0.481 e. The summed E-state index contributed by atoms with van der Waals surface area (Å²) in [6.07, 6.45) is 4.97. The molecule has 2 unspecified atom stereocenters. The Balaban J connectivity index is 2.03. The van der Waals surface area contributed by atoms with Crippen LogP contribution in [0, 0.1) is 11.8 Å². The average molecular weight is 235 g/mol. The smallest absolute Gasteiger partial charge is 0.307 e. The lowest BCUT2D eigenvalue weighted by molar-refractivity contribution is -0.145. The zero-order valence-corrected chi connectivity index (χ0v) is 9.17. The van der Waals surface area contributed by atoms with E-state index in [4.69, 9.17) is 5.11 Å². The molecule has 1 amide bonds. The van der Waals surface area contributed by atoms with Gasteiger partial charge in [-0.3, -0.25) is 14.9 Å². The maximum Gasteiger partial charge on any atom is 0.307 e. The van der Waals surface area contributed by atoms with Gasteiger partial charge in [-0.15, -0.1) is 0 Å². The zero-order chi connectivity index (χ0) is 12.3. The fraction of sp³-hybridized carbons (Fsp3) is 0.455. The van der Waals surface area contributed by atoms with Crippen LogP contribution >= 0.6 is 0 Å². The molecule has 17 heavy (non-hydrogen) atoms. The highest BCUT2D eigenvalue weighted by atomic mass is 16.4. The Kier molecular flexibility index (Phi) is 3.32. The number of nitrogens with one attached hydrogen (secondary N) is 1. The minimum atomic E-state index is -0.906. The first-order valence-corrected chi connectivity index (χ1v) is 5.49. The van der Waals surface area contributed by atoms with Crippen molar-refractivity contribution in [3.05, 3.63) is 18.5 Å². The molecule has 1 saturated carbocycles. The van der Waals surface area contributed by atoms with E-state index in [2.05, 4.69) is 15.3 Å². The van der Waals surface area contributed by atoms with E-state index in [9.17, 15) is 9.59 Å². The van der Waals surface area contributed by atoms with Crippen LogP contribution in [0.3, 0.4) is 0 Å². The highest BCUT2D eigenvalue weighted by Gasteiger charge is 2.37. The number of carboxylic acid groups (broad SMARTS) is 1. The van der Waals surface area contributed by atoms with E-state index in [0.717, 1.165) is 6.42 Å². The first-order chi connectivity index (χ1) is 8.18. The molecule has 0 aromatic carbocycles. The summed E-state index contributed by atoms with van der Waals surface area (Å²) in [6.45, 7) is 0. The Morgan fingerprint density at radius 2 is 1.88 bits per heavy atom. The number of carbonyl (C=O) groups is 2. The van der Waals surface area contributed by atoms with E-state index in [1.165, 1.54) is 12.4 Å². The maximum absolute atomic E-state index is 11.9. The van der Waals surface area contributed by atoms with Crippen molar-refractivity contribution in [3.8, 4) is 0 Å². The van der Waals surface area contributed by atoms with Crippen LogP contribution in [0.4, 0.5) is 5.95 Å². The SMILES string of the molecule is O=C(O)C1CCCC1C(=O)Nc1ncccn1. The molecule has 0 bridgehead atoms. The van der Waals surface area contributed by atoms with Crippen molar-refractivity contribution in [1.82, 2.24) is 9.97 Å². The van der Waals surface area contributed by atoms with Crippen molar-refractivity contribution in [3.63, 3.8) is 0 Å². The maximum atomic E-state index is 11.9. The molecule has 2 rings (SSSR count). The summed E-state index contributed by atoms with van der Waals surface area (Å²) in [5.41, 5.74) is 0. The van der Waals surface area contributed by atoms with Crippen LogP contribution in [0.5, 0.6) is 0 Å². The van der Waals surface area contributed by atoms with Crippen LogP contribution in [0.2, 0.25) is 0 Å². The molecule has 6 nitrogen and oxygen atoms in total. The molecule has 1 heterocycles. The molecule has 90 valence electrons. The summed E-state index contributed by atoms with van der Waals surface area (Å²) in [4.78, 5) is 30.6. The molecule has 2 atom stereocenters. The second-order valence-electron chi connectivity index (χ2n) is 4.04. The van der Waals surface area contributed by atoms with E-state index in [-0.39, 0.29) is 11.9 Å². The number of carboxylic acids is 1. The van der Waals surface area contributed by atoms with Crippen LogP contribution in [-0.4, -0.2) is 27.0 Å². The number of carbonyl (C=O) groups excluding carboxylic acids is 1. The lowest BCUT2D eigenvalue weighted by Gasteiger charge is -2.14. The Hall–Kier alpha value is -1.98. The fourth-order valence-corrected chi connectivity index (χ4v) is 2.14. The zero-order valence-electron chi connectivity index (χ0n) is 9.17. The summed E-state index contributed by atoms with van der Waals surface area (Å²) < 4.78 is 0. The van der Waals surface area contributed by atoms with Gasteiger partial charge in [0.2, 0.25) is 11.9 Å². The van der Waals surface area contributed by atoms with E-state index in [0.29, 0.717) is 12.8 Å². The van der Waals surface area contributed by atoms with Crippen LogP contribution in [0.15, 0.2) is 18.5 Å². The molecule has 1 aromatic heterocycles. The minimum Gasteiger partial charge on any atom is -0.481 e. The minimum absolute atomic E-state index is 0.216. The monoisotopic (exact) mass is 235 g/mol. The van der Waals surface area contributed by atoms with Crippen LogP contribution in [0.1, 0.15) is 19.3 Å². The topological polar surface area (TPSA) is 92.2 Å². The van der Waals surface area contributed by atoms with Crippen molar-refractivity contribution in [2.24, 2.45) is 11.8 Å². The molecular formula is C11H13N3O3. The highest BCUT2D eigenvalue weighted by molar-refractivity contribution is 5.94. The van der Waals surface area contributed by atoms with Gasteiger partial charge in [0.1, 0.15) is 0 Å². The van der Waals surface area contributed by atoms with Crippen molar-refractivity contribution in [2.45, 2.75) is 19.3 Å². The molecule has 0 spiro atoms. The molecule has 1 aromatic rings. The van der Waals surface area contributed by atoms with E-state index < -0.39 is 17.8 Å². The Labute approximate surface area is 98.1 Å². The van der Waals surface area contributed by atoms with E-state index in [1.54, 1.807) is 6.07 Å². The summed E-state index contributed by atoms with van der Waals surface area (Å²) >= 11 is 0. The summed E-state index contributed by atoms with van der Waals surface area (Å²) in [6, 6.07) is 1.64. The van der Waals surface area contributed by atoms with Crippen LogP contribution in [0.25, 0.3) is 0 Å². The molecule has 1 aliphatic carbocycles. The Morgan fingerprint density at radius 1 is 1.24 bits per heavy atom. The van der Waals surface area contributed by atoms with Gasteiger partial charge in [0.05, 0.1) is 11.8 Å². The number of anilines is 1. The second-order valence-corrected chi connectivity index (χ2v) is 4.04. The number of aliphatic carboxylic acids is 1. The number of nitrogens with zero attached hydrogens (tertiary/aromatic N) is 2. The number of amides is 1. The van der Waals surface area contributed by atoms with Gasteiger partial charge in [-0.25, -0.2) is 9.97 Å². The van der Waals surface area contributed by atoms with E-state index >= 15 is 0 Å². The molecule has 0 radical (unpaired) electrons. The van der Waals surface area contributed by atoms with Gasteiger partial charge in [0, 0.05) is 12.4 Å². The molecular weight excluding hydrogens is 222 g/mol. The second kappa shape index (κ2) is 4.90. The molecule has 2 N–H and O–H groups in total. The summed E-state index contributed by atoms with van der Waals surface area (Å²) in [5, 5.41) is 11.5. The van der Waals surface area contributed by atoms with Gasteiger partial charge >= 0.3 is 5.97 Å². The third-order valence-electron chi connectivity index (χ3n) is 2.97. The lowest BCUT2D eigenvalue weighted by atomic mass is 9.95. The average Bonchev–Trinajstić information content (AvgIpc) is 2.79. The number of hydrogen-bond acceptors (Lipinski definition) is 4. The lowest BCUT2D eigenvalue weighted by Crippen LogP contribution is -2.30. The number of rotatable bonds is 3. The highest BCUT2D eigenvalue weighted by Crippen LogP contribution is 2.32. The molecule has 0 saturated heterocycles.